The van der Waals surface area contributed by atoms with Crippen LogP contribution in [0.3, 0.4) is 0 Å². The summed E-state index contributed by atoms with van der Waals surface area (Å²) in [4.78, 5) is 7.89. The van der Waals surface area contributed by atoms with E-state index in [4.69, 9.17) is 9.16 Å². The molecule has 0 fully saturated rings. The van der Waals surface area contributed by atoms with Crippen LogP contribution in [0.15, 0.2) is 48.7 Å². The molecular formula is C23H32N2O2Si. The van der Waals surface area contributed by atoms with Crippen LogP contribution < -0.4 is 4.74 Å². The van der Waals surface area contributed by atoms with E-state index in [9.17, 15) is 0 Å². The van der Waals surface area contributed by atoms with Crippen LogP contribution in [0.2, 0.25) is 18.1 Å². The number of rotatable bonds is 8. The number of pyridine rings is 1. The van der Waals surface area contributed by atoms with Crippen LogP contribution in [-0.4, -0.2) is 18.3 Å². The second-order valence-corrected chi connectivity index (χ2v) is 13.5. The lowest BCUT2D eigenvalue weighted by Crippen LogP contribution is -2.45. The molecule has 1 N–H and O–H groups in total. The van der Waals surface area contributed by atoms with E-state index in [1.54, 1.807) is 6.20 Å². The molecule has 0 spiro atoms. The number of hydrogen-bond acceptors (Lipinski definition) is 3. The van der Waals surface area contributed by atoms with E-state index in [1.165, 1.54) is 0 Å². The number of aromatic amines is 1. The number of fused-ring (bicyclic) bond motifs is 1. The van der Waals surface area contributed by atoms with Crippen molar-refractivity contribution in [2.45, 2.75) is 59.0 Å². The third-order valence-corrected chi connectivity index (χ3v) is 10.9. The Hall–Kier alpha value is -2.11. The zero-order valence-corrected chi connectivity index (χ0v) is 18.9. The topological polar surface area (TPSA) is 47.1 Å². The van der Waals surface area contributed by atoms with Crippen LogP contribution in [0.25, 0.3) is 11.0 Å². The van der Waals surface area contributed by atoms with Gasteiger partial charge in [-0.25, -0.2) is 4.98 Å². The highest BCUT2D eigenvalue weighted by atomic mass is 28.4. The second kappa shape index (κ2) is 8.09. The number of nitrogens with zero attached hydrogens (tertiary/aromatic N) is 1. The second-order valence-electron chi connectivity index (χ2n) is 8.85. The SMILES string of the molecule is CC(C)C(C)(C)[Si](C)(C)OCc1cc2cc(OCc3ccccc3)cnc2[nH]1. The Morgan fingerprint density at radius 2 is 1.79 bits per heavy atom. The Labute approximate surface area is 169 Å². The van der Waals surface area contributed by atoms with Crippen LogP contribution in [0.1, 0.15) is 39.0 Å². The van der Waals surface area contributed by atoms with Crippen LogP contribution in [0.4, 0.5) is 0 Å². The lowest BCUT2D eigenvalue weighted by molar-refractivity contribution is 0.253. The molecule has 0 atom stereocenters. The Morgan fingerprint density at radius 1 is 1.07 bits per heavy atom. The fraction of sp³-hybridized carbons (Fsp3) is 0.435. The molecule has 0 saturated carbocycles. The Balaban J connectivity index is 1.67. The predicted octanol–water partition coefficient (Wildman–Crippen LogP) is 6.30. The molecule has 0 unspecified atom stereocenters. The molecule has 28 heavy (non-hydrogen) atoms. The van der Waals surface area contributed by atoms with E-state index in [1.807, 2.05) is 24.3 Å². The fourth-order valence-corrected chi connectivity index (χ4v) is 5.37. The molecule has 0 aliphatic carbocycles. The maximum Gasteiger partial charge on any atom is 0.193 e. The molecule has 0 radical (unpaired) electrons. The largest absolute Gasteiger partial charge is 0.487 e. The number of nitrogens with one attached hydrogen (secondary N) is 1. The molecule has 2 aromatic heterocycles. The van der Waals surface area contributed by atoms with Gasteiger partial charge < -0.3 is 14.1 Å². The van der Waals surface area contributed by atoms with Crippen molar-refractivity contribution in [2.24, 2.45) is 5.92 Å². The molecule has 2 heterocycles. The standard InChI is InChI=1S/C23H32N2O2Si/c1-17(2)23(3,4)28(5,6)27-16-20-12-19-13-21(14-24-22(19)25-20)26-15-18-10-8-7-9-11-18/h7-14,17H,15-16H2,1-6H3,(H,24,25). The van der Waals surface area contributed by atoms with Gasteiger partial charge >= 0.3 is 0 Å². The summed E-state index contributed by atoms with van der Waals surface area (Å²) in [6.45, 7) is 15.0. The summed E-state index contributed by atoms with van der Waals surface area (Å²) in [6.07, 6.45) is 1.77. The van der Waals surface area contributed by atoms with Crippen molar-refractivity contribution >= 4 is 19.4 Å². The maximum absolute atomic E-state index is 6.46. The molecule has 4 nitrogen and oxygen atoms in total. The quantitative estimate of drug-likeness (QED) is 0.454. The monoisotopic (exact) mass is 396 g/mol. The van der Waals surface area contributed by atoms with E-state index < -0.39 is 8.32 Å². The summed E-state index contributed by atoms with van der Waals surface area (Å²) in [5.74, 6) is 1.36. The highest BCUT2D eigenvalue weighted by molar-refractivity contribution is 6.74. The summed E-state index contributed by atoms with van der Waals surface area (Å²) in [5.41, 5.74) is 3.07. The molecule has 0 aliphatic heterocycles. The molecule has 5 heteroatoms. The zero-order chi connectivity index (χ0) is 20.4. The molecule has 150 valence electrons. The summed E-state index contributed by atoms with van der Waals surface area (Å²) in [7, 11) is -1.85. The number of aromatic nitrogens is 2. The number of H-pyrrole nitrogens is 1. The summed E-state index contributed by atoms with van der Waals surface area (Å²) >= 11 is 0. The van der Waals surface area contributed by atoms with Crippen molar-refractivity contribution < 1.29 is 9.16 Å². The van der Waals surface area contributed by atoms with Crippen molar-refractivity contribution in [3.8, 4) is 5.75 Å². The number of hydrogen-bond donors (Lipinski definition) is 1. The highest BCUT2D eigenvalue weighted by Crippen LogP contribution is 2.44. The van der Waals surface area contributed by atoms with E-state index in [2.05, 4.69) is 69.0 Å². The van der Waals surface area contributed by atoms with Gasteiger partial charge in [0.2, 0.25) is 0 Å². The number of ether oxygens (including phenoxy) is 1. The smallest absolute Gasteiger partial charge is 0.193 e. The first-order chi connectivity index (χ1) is 13.2. The first kappa shape index (κ1) is 20.6. The van der Waals surface area contributed by atoms with Crippen molar-refractivity contribution in [2.75, 3.05) is 0 Å². The van der Waals surface area contributed by atoms with Crippen molar-refractivity contribution in [1.82, 2.24) is 9.97 Å². The fourth-order valence-electron chi connectivity index (χ4n) is 3.09. The van der Waals surface area contributed by atoms with Gasteiger partial charge in [0.1, 0.15) is 18.0 Å². The van der Waals surface area contributed by atoms with E-state index >= 15 is 0 Å². The summed E-state index contributed by atoms with van der Waals surface area (Å²) in [6, 6.07) is 14.3. The third-order valence-electron chi connectivity index (χ3n) is 6.33. The van der Waals surface area contributed by atoms with E-state index in [0.29, 0.717) is 19.1 Å². The van der Waals surface area contributed by atoms with Crippen LogP contribution in [-0.2, 0) is 17.6 Å². The molecule has 0 aliphatic rings. The van der Waals surface area contributed by atoms with Crippen molar-refractivity contribution in [3.63, 3.8) is 0 Å². The Kier molecular flexibility index (Phi) is 5.96. The molecule has 1 aromatic carbocycles. The zero-order valence-electron chi connectivity index (χ0n) is 17.9. The normalized spacial score (nSPS) is 12.7. The minimum absolute atomic E-state index is 0.204. The van der Waals surface area contributed by atoms with Gasteiger partial charge in [-0.1, -0.05) is 58.0 Å². The molecule has 0 saturated heterocycles. The Morgan fingerprint density at radius 3 is 2.46 bits per heavy atom. The van der Waals surface area contributed by atoms with Crippen molar-refractivity contribution in [1.29, 1.82) is 0 Å². The lowest BCUT2D eigenvalue weighted by Gasteiger charge is -2.42. The molecular weight excluding hydrogens is 364 g/mol. The van der Waals surface area contributed by atoms with Gasteiger partial charge in [-0.3, -0.25) is 0 Å². The lowest BCUT2D eigenvalue weighted by atomic mass is 9.99. The molecule has 3 aromatic rings. The summed E-state index contributed by atoms with van der Waals surface area (Å²) in [5, 5.41) is 1.25. The molecule has 0 bridgehead atoms. The van der Waals surface area contributed by atoms with Crippen LogP contribution >= 0.6 is 0 Å². The highest BCUT2D eigenvalue weighted by Gasteiger charge is 2.43. The Bertz CT molecular complexity index is 917. The van der Waals surface area contributed by atoms with Gasteiger partial charge in [-0.2, -0.15) is 0 Å². The number of benzene rings is 1. The van der Waals surface area contributed by atoms with Crippen LogP contribution in [0, 0.1) is 5.92 Å². The van der Waals surface area contributed by atoms with Crippen molar-refractivity contribution in [3.05, 3.63) is 59.9 Å². The minimum atomic E-state index is -1.85. The van der Waals surface area contributed by atoms with E-state index in [-0.39, 0.29) is 5.04 Å². The van der Waals surface area contributed by atoms with Gasteiger partial charge in [0.05, 0.1) is 12.8 Å². The van der Waals surface area contributed by atoms with Gasteiger partial charge in [0.25, 0.3) is 0 Å². The minimum Gasteiger partial charge on any atom is -0.487 e. The van der Waals surface area contributed by atoms with Gasteiger partial charge in [-0.15, -0.1) is 0 Å². The average molecular weight is 397 g/mol. The van der Waals surface area contributed by atoms with Crippen LogP contribution in [0.5, 0.6) is 5.75 Å². The van der Waals surface area contributed by atoms with Gasteiger partial charge in [0.15, 0.2) is 8.32 Å². The predicted molar refractivity (Wildman–Crippen MR) is 118 cm³/mol. The first-order valence-electron chi connectivity index (χ1n) is 9.97. The average Bonchev–Trinajstić information content (AvgIpc) is 3.07. The molecule has 0 amide bonds. The van der Waals surface area contributed by atoms with Gasteiger partial charge in [0, 0.05) is 11.1 Å². The van der Waals surface area contributed by atoms with E-state index in [0.717, 1.165) is 28.0 Å². The first-order valence-corrected chi connectivity index (χ1v) is 12.9. The van der Waals surface area contributed by atoms with Gasteiger partial charge in [-0.05, 0) is 41.7 Å². The molecule has 3 rings (SSSR count). The summed E-state index contributed by atoms with van der Waals surface area (Å²) < 4.78 is 12.3. The maximum atomic E-state index is 6.46. The third kappa shape index (κ3) is 4.47.